The van der Waals surface area contributed by atoms with E-state index in [1.807, 2.05) is 20.8 Å². The van der Waals surface area contributed by atoms with Gasteiger partial charge in [-0.1, -0.05) is 0 Å². The molecule has 0 saturated carbocycles. The third-order valence-corrected chi connectivity index (χ3v) is 1.56. The third kappa shape index (κ3) is 4.54. The maximum Gasteiger partial charge on any atom is 0.306 e. The molecule has 0 bridgehead atoms. The van der Waals surface area contributed by atoms with Crippen molar-refractivity contribution in [1.29, 1.82) is 0 Å². The number of rotatable bonds is 3. The average Bonchev–Trinajstić information content (AvgIpc) is 2.45. The molecule has 0 aromatic carbocycles. The highest BCUT2D eigenvalue weighted by Gasteiger charge is 2.18. The zero-order valence-electron chi connectivity index (χ0n) is 9.33. The van der Waals surface area contributed by atoms with Gasteiger partial charge in [-0.2, -0.15) is 0 Å². The van der Waals surface area contributed by atoms with Gasteiger partial charge in [0, 0.05) is 6.42 Å². The Bertz CT molecular complexity index is 296. The van der Waals surface area contributed by atoms with Gasteiger partial charge in [-0.3, -0.25) is 4.79 Å². The van der Waals surface area contributed by atoms with E-state index < -0.39 is 5.60 Å². The Morgan fingerprint density at radius 2 is 2.20 bits per heavy atom. The molecule has 1 aliphatic heterocycles. The lowest BCUT2D eigenvalue weighted by Gasteiger charge is -2.19. The second kappa shape index (κ2) is 4.38. The fraction of sp³-hybridized carbons (Fsp3) is 0.545. The van der Waals surface area contributed by atoms with Crippen molar-refractivity contribution >= 4 is 5.97 Å². The first-order valence-corrected chi connectivity index (χ1v) is 4.81. The van der Waals surface area contributed by atoms with Gasteiger partial charge >= 0.3 is 5.97 Å². The summed E-state index contributed by atoms with van der Waals surface area (Å²) in [6.07, 6.45) is 2.19. The number of carbonyl (C=O) groups is 1. The van der Waals surface area contributed by atoms with Gasteiger partial charge in [-0.05, 0) is 27.4 Å². The number of allylic oxidation sites excluding steroid dienone is 1. The van der Waals surface area contributed by atoms with Crippen LogP contribution in [0.3, 0.4) is 0 Å². The predicted molar refractivity (Wildman–Crippen MR) is 54.5 cm³/mol. The molecule has 0 aliphatic carbocycles. The fourth-order valence-electron chi connectivity index (χ4n) is 1.05. The summed E-state index contributed by atoms with van der Waals surface area (Å²) in [6, 6.07) is 0. The van der Waals surface area contributed by atoms with E-state index in [1.54, 1.807) is 0 Å². The SMILES string of the molecule is C=C1OC=C(CCC(=O)OC(C)(C)C)O1. The van der Waals surface area contributed by atoms with Crippen LogP contribution in [0.5, 0.6) is 0 Å². The van der Waals surface area contributed by atoms with Crippen molar-refractivity contribution in [1.82, 2.24) is 0 Å². The summed E-state index contributed by atoms with van der Waals surface area (Å²) in [5, 5.41) is 0. The highest BCUT2D eigenvalue weighted by Crippen LogP contribution is 2.20. The Morgan fingerprint density at radius 1 is 1.53 bits per heavy atom. The molecule has 4 heteroatoms. The summed E-state index contributed by atoms with van der Waals surface area (Å²) in [5.41, 5.74) is -0.442. The first-order valence-electron chi connectivity index (χ1n) is 4.81. The van der Waals surface area contributed by atoms with Crippen LogP contribution in [-0.4, -0.2) is 11.6 Å². The standard InChI is InChI=1S/C11H16O4/c1-8-13-7-9(14-8)5-6-10(12)15-11(2,3)4/h7H,1,5-6H2,2-4H3. The summed E-state index contributed by atoms with van der Waals surface area (Å²) < 4.78 is 15.1. The molecule has 0 atom stereocenters. The van der Waals surface area contributed by atoms with E-state index in [2.05, 4.69) is 6.58 Å². The molecule has 0 aromatic rings. The Morgan fingerprint density at radius 3 is 2.67 bits per heavy atom. The lowest BCUT2D eigenvalue weighted by molar-refractivity contribution is -0.154. The monoisotopic (exact) mass is 212 g/mol. The van der Waals surface area contributed by atoms with E-state index in [1.165, 1.54) is 6.26 Å². The molecule has 0 N–H and O–H groups in total. The number of hydrogen-bond donors (Lipinski definition) is 0. The first kappa shape index (κ1) is 11.6. The molecule has 4 nitrogen and oxygen atoms in total. The third-order valence-electron chi connectivity index (χ3n) is 1.56. The van der Waals surface area contributed by atoms with E-state index in [0.717, 1.165) is 0 Å². The highest BCUT2D eigenvalue weighted by atomic mass is 16.7. The van der Waals surface area contributed by atoms with Gasteiger partial charge in [0.15, 0.2) is 0 Å². The highest BCUT2D eigenvalue weighted by molar-refractivity contribution is 5.70. The van der Waals surface area contributed by atoms with Crippen LogP contribution in [0.25, 0.3) is 0 Å². The number of esters is 1. The topological polar surface area (TPSA) is 44.8 Å². The van der Waals surface area contributed by atoms with Crippen molar-refractivity contribution < 1.29 is 19.0 Å². The molecule has 84 valence electrons. The second-order valence-corrected chi connectivity index (χ2v) is 4.26. The molecule has 0 spiro atoms. The summed E-state index contributed by atoms with van der Waals surface area (Å²) in [6.45, 7) is 8.98. The molecule has 1 aliphatic rings. The maximum absolute atomic E-state index is 11.3. The molecule has 15 heavy (non-hydrogen) atoms. The summed E-state index contributed by atoms with van der Waals surface area (Å²) >= 11 is 0. The molecule has 0 saturated heterocycles. The number of ether oxygens (including phenoxy) is 3. The van der Waals surface area contributed by atoms with Gasteiger partial charge < -0.3 is 14.2 Å². The molecular weight excluding hydrogens is 196 g/mol. The van der Waals surface area contributed by atoms with E-state index in [9.17, 15) is 4.79 Å². The van der Waals surface area contributed by atoms with Crippen molar-refractivity contribution in [3.8, 4) is 0 Å². The summed E-state index contributed by atoms with van der Waals surface area (Å²) in [7, 11) is 0. The van der Waals surface area contributed by atoms with E-state index in [0.29, 0.717) is 12.2 Å². The minimum atomic E-state index is -0.442. The molecule has 1 heterocycles. The normalized spacial score (nSPS) is 15.4. The van der Waals surface area contributed by atoms with Gasteiger partial charge in [-0.15, -0.1) is 0 Å². The fourth-order valence-corrected chi connectivity index (χ4v) is 1.05. The zero-order valence-corrected chi connectivity index (χ0v) is 9.33. The molecule has 0 unspecified atom stereocenters. The Balaban J connectivity index is 2.26. The Labute approximate surface area is 89.5 Å². The molecule has 0 amide bonds. The van der Waals surface area contributed by atoms with Crippen molar-refractivity contribution in [2.45, 2.75) is 39.2 Å². The van der Waals surface area contributed by atoms with Crippen molar-refractivity contribution in [3.05, 3.63) is 24.5 Å². The van der Waals surface area contributed by atoms with Crippen LogP contribution in [0, 0.1) is 0 Å². The van der Waals surface area contributed by atoms with Gasteiger partial charge in [0.2, 0.25) is 0 Å². The van der Waals surface area contributed by atoms with E-state index in [-0.39, 0.29) is 18.3 Å². The largest absolute Gasteiger partial charge is 0.460 e. The van der Waals surface area contributed by atoms with Crippen molar-refractivity contribution in [2.24, 2.45) is 0 Å². The maximum atomic E-state index is 11.3. The lowest BCUT2D eigenvalue weighted by atomic mass is 10.2. The lowest BCUT2D eigenvalue weighted by Crippen LogP contribution is -2.23. The predicted octanol–water partition coefficient (Wildman–Crippen LogP) is 2.47. The quantitative estimate of drug-likeness (QED) is 0.674. The Hall–Kier alpha value is -1.45. The van der Waals surface area contributed by atoms with Crippen molar-refractivity contribution in [2.75, 3.05) is 0 Å². The summed E-state index contributed by atoms with van der Waals surface area (Å²) in [4.78, 5) is 11.3. The van der Waals surface area contributed by atoms with Crippen LogP contribution in [0.4, 0.5) is 0 Å². The molecule has 1 rings (SSSR count). The minimum Gasteiger partial charge on any atom is -0.460 e. The molecule has 0 radical (unpaired) electrons. The summed E-state index contributed by atoms with van der Waals surface area (Å²) in [5.74, 6) is 0.601. The van der Waals surface area contributed by atoms with Gasteiger partial charge in [0.25, 0.3) is 5.95 Å². The molecule has 0 fully saturated rings. The van der Waals surface area contributed by atoms with Crippen LogP contribution in [0.1, 0.15) is 33.6 Å². The van der Waals surface area contributed by atoms with Crippen LogP contribution in [-0.2, 0) is 19.0 Å². The van der Waals surface area contributed by atoms with E-state index >= 15 is 0 Å². The number of carbonyl (C=O) groups excluding carboxylic acids is 1. The van der Waals surface area contributed by atoms with Crippen LogP contribution >= 0.6 is 0 Å². The molecular formula is C11H16O4. The van der Waals surface area contributed by atoms with Crippen LogP contribution < -0.4 is 0 Å². The van der Waals surface area contributed by atoms with Gasteiger partial charge in [0.05, 0.1) is 6.42 Å². The van der Waals surface area contributed by atoms with E-state index in [4.69, 9.17) is 14.2 Å². The smallest absolute Gasteiger partial charge is 0.306 e. The zero-order chi connectivity index (χ0) is 11.5. The number of hydrogen-bond acceptors (Lipinski definition) is 4. The van der Waals surface area contributed by atoms with Gasteiger partial charge in [0.1, 0.15) is 17.6 Å². The van der Waals surface area contributed by atoms with Crippen LogP contribution in [0.2, 0.25) is 0 Å². The second-order valence-electron chi connectivity index (χ2n) is 4.26. The Kier molecular flexibility index (Phi) is 3.39. The van der Waals surface area contributed by atoms with Gasteiger partial charge in [-0.25, -0.2) is 0 Å². The average molecular weight is 212 g/mol. The minimum absolute atomic E-state index is 0.245. The molecule has 0 aromatic heterocycles. The van der Waals surface area contributed by atoms with Crippen LogP contribution in [0.15, 0.2) is 24.5 Å². The first-order chi connectivity index (χ1) is 6.87. The van der Waals surface area contributed by atoms with Crippen molar-refractivity contribution in [3.63, 3.8) is 0 Å².